The molecule has 12 heavy (non-hydrogen) atoms. The van der Waals surface area contributed by atoms with Crippen LogP contribution in [0.2, 0.25) is 0 Å². The summed E-state index contributed by atoms with van der Waals surface area (Å²) in [6.07, 6.45) is 5.15. The van der Waals surface area contributed by atoms with Crippen molar-refractivity contribution in [3.8, 4) is 0 Å². The van der Waals surface area contributed by atoms with E-state index in [0.717, 1.165) is 0 Å². The van der Waals surface area contributed by atoms with Crippen LogP contribution in [0.3, 0.4) is 0 Å². The highest BCUT2D eigenvalue weighted by molar-refractivity contribution is 6.03. The first-order valence-corrected chi connectivity index (χ1v) is 3.75. The number of ketones is 1. The second kappa shape index (κ2) is 2.27. The van der Waals surface area contributed by atoms with E-state index in [4.69, 9.17) is 0 Å². The van der Waals surface area contributed by atoms with Crippen LogP contribution in [-0.4, -0.2) is 16.7 Å². The summed E-state index contributed by atoms with van der Waals surface area (Å²) in [6, 6.07) is -0.678. The highest BCUT2D eigenvalue weighted by atomic mass is 16.6. The molecular formula is C8H7NO3. The van der Waals surface area contributed by atoms with Gasteiger partial charge in [0.1, 0.15) is 0 Å². The third-order valence-corrected chi connectivity index (χ3v) is 2.37. The van der Waals surface area contributed by atoms with Crippen molar-refractivity contribution in [3.63, 3.8) is 0 Å². The molecular weight excluding hydrogens is 158 g/mol. The molecule has 0 aliphatic heterocycles. The predicted octanol–water partition coefficient (Wildman–Crippen LogP) is 0.717. The number of hydrogen-bond donors (Lipinski definition) is 0. The first kappa shape index (κ1) is 7.21. The number of nitro groups is 1. The van der Waals surface area contributed by atoms with Crippen LogP contribution in [0.1, 0.15) is 6.42 Å². The second-order valence-electron chi connectivity index (χ2n) is 3.02. The van der Waals surface area contributed by atoms with Crippen LogP contribution in [0.25, 0.3) is 0 Å². The number of hydrogen-bond acceptors (Lipinski definition) is 3. The molecule has 4 heteroatoms. The van der Waals surface area contributed by atoms with E-state index in [1.54, 1.807) is 18.2 Å². The van der Waals surface area contributed by atoms with E-state index < -0.39 is 6.04 Å². The summed E-state index contributed by atoms with van der Waals surface area (Å²) in [5.41, 5.74) is 0.624. The molecule has 62 valence electrons. The highest BCUT2D eigenvalue weighted by Gasteiger charge is 2.44. The van der Waals surface area contributed by atoms with Gasteiger partial charge in [0.05, 0.1) is 5.92 Å². The molecule has 2 unspecified atom stereocenters. The molecule has 1 fully saturated rings. The Morgan fingerprint density at radius 2 is 2.33 bits per heavy atom. The molecule has 2 atom stereocenters. The SMILES string of the molecule is O=C1CC2C1=CC=CC2[N+](=O)[O-]. The fourth-order valence-electron chi connectivity index (χ4n) is 1.65. The van der Waals surface area contributed by atoms with Crippen molar-refractivity contribution in [2.75, 3.05) is 0 Å². The molecule has 0 N–H and O–H groups in total. The van der Waals surface area contributed by atoms with E-state index in [1.165, 1.54) is 0 Å². The van der Waals surface area contributed by atoms with Gasteiger partial charge in [-0.25, -0.2) is 0 Å². The Balaban J connectivity index is 2.26. The summed E-state index contributed by atoms with van der Waals surface area (Å²) in [4.78, 5) is 21.0. The fraction of sp³-hybridized carbons (Fsp3) is 0.375. The van der Waals surface area contributed by atoms with Gasteiger partial charge in [0.2, 0.25) is 6.04 Å². The zero-order valence-electron chi connectivity index (χ0n) is 6.27. The molecule has 0 saturated heterocycles. The lowest BCUT2D eigenvalue weighted by molar-refractivity contribution is -0.517. The Hall–Kier alpha value is -1.45. The number of allylic oxidation sites excluding steroid dienone is 2. The van der Waals surface area contributed by atoms with Gasteiger partial charge >= 0.3 is 0 Å². The van der Waals surface area contributed by atoms with Crippen LogP contribution in [0.4, 0.5) is 0 Å². The lowest BCUT2D eigenvalue weighted by Gasteiger charge is -2.30. The van der Waals surface area contributed by atoms with Gasteiger partial charge in [-0.1, -0.05) is 12.2 Å². The number of rotatable bonds is 1. The van der Waals surface area contributed by atoms with Crippen molar-refractivity contribution in [1.82, 2.24) is 0 Å². The van der Waals surface area contributed by atoms with E-state index in [9.17, 15) is 14.9 Å². The Morgan fingerprint density at radius 1 is 1.58 bits per heavy atom. The average Bonchev–Trinajstić information content (AvgIpc) is 2.02. The van der Waals surface area contributed by atoms with Crippen molar-refractivity contribution < 1.29 is 9.72 Å². The largest absolute Gasteiger partial charge is 0.295 e. The van der Waals surface area contributed by atoms with Crippen LogP contribution < -0.4 is 0 Å². The molecule has 0 aromatic carbocycles. The second-order valence-corrected chi connectivity index (χ2v) is 3.02. The average molecular weight is 165 g/mol. The standard InChI is InChI=1S/C8H7NO3/c10-8-4-6-5(8)2-1-3-7(6)9(11)12/h1-3,6-7H,4H2. The quantitative estimate of drug-likeness (QED) is 0.424. The third-order valence-electron chi connectivity index (χ3n) is 2.37. The molecule has 2 aliphatic carbocycles. The summed E-state index contributed by atoms with van der Waals surface area (Å²) in [5.74, 6) is -0.103. The first-order chi connectivity index (χ1) is 5.70. The molecule has 0 radical (unpaired) electrons. The van der Waals surface area contributed by atoms with E-state index >= 15 is 0 Å². The number of carbonyl (C=O) groups excluding carboxylic acids is 1. The normalized spacial score (nSPS) is 32.0. The minimum Gasteiger partial charge on any atom is -0.295 e. The monoisotopic (exact) mass is 165 g/mol. The molecule has 2 aliphatic rings. The Labute approximate surface area is 68.7 Å². The van der Waals surface area contributed by atoms with Gasteiger partial charge in [-0.15, -0.1) is 0 Å². The predicted molar refractivity (Wildman–Crippen MR) is 41.1 cm³/mol. The van der Waals surface area contributed by atoms with Crippen molar-refractivity contribution >= 4 is 5.78 Å². The number of Topliss-reactive ketones (excluding diaryl/α,β-unsaturated/α-hetero) is 1. The summed E-state index contributed by atoms with van der Waals surface area (Å²) < 4.78 is 0. The fourth-order valence-corrected chi connectivity index (χ4v) is 1.65. The number of fused-ring (bicyclic) bond motifs is 1. The molecule has 0 bridgehead atoms. The lowest BCUT2D eigenvalue weighted by Crippen LogP contribution is -2.41. The minimum atomic E-state index is -0.678. The van der Waals surface area contributed by atoms with Crippen molar-refractivity contribution in [1.29, 1.82) is 0 Å². The van der Waals surface area contributed by atoms with Gasteiger partial charge in [0.15, 0.2) is 5.78 Å². The third kappa shape index (κ3) is 0.809. The van der Waals surface area contributed by atoms with Gasteiger partial charge in [0, 0.05) is 16.9 Å². The van der Waals surface area contributed by atoms with Crippen LogP contribution in [0, 0.1) is 16.0 Å². The molecule has 0 amide bonds. The van der Waals surface area contributed by atoms with Crippen molar-refractivity contribution in [3.05, 3.63) is 33.9 Å². The smallest absolute Gasteiger partial charge is 0.238 e. The summed E-state index contributed by atoms with van der Waals surface area (Å²) >= 11 is 0. The zero-order valence-corrected chi connectivity index (χ0v) is 6.27. The number of nitrogens with zero attached hydrogens (tertiary/aromatic N) is 1. The maximum atomic E-state index is 10.9. The van der Waals surface area contributed by atoms with Gasteiger partial charge in [-0.3, -0.25) is 14.9 Å². The van der Waals surface area contributed by atoms with Crippen LogP contribution in [-0.2, 0) is 4.79 Å². The molecule has 0 aromatic heterocycles. The zero-order chi connectivity index (χ0) is 8.72. The van der Waals surface area contributed by atoms with Crippen LogP contribution in [0.5, 0.6) is 0 Å². The summed E-state index contributed by atoms with van der Waals surface area (Å²) in [6.45, 7) is 0. The van der Waals surface area contributed by atoms with Crippen molar-refractivity contribution in [2.45, 2.75) is 12.5 Å². The maximum absolute atomic E-state index is 10.9. The highest BCUT2D eigenvalue weighted by Crippen LogP contribution is 2.36. The van der Waals surface area contributed by atoms with Crippen LogP contribution in [0.15, 0.2) is 23.8 Å². The van der Waals surface area contributed by atoms with E-state index in [2.05, 4.69) is 0 Å². The minimum absolute atomic E-state index is 0.0520. The molecule has 1 saturated carbocycles. The van der Waals surface area contributed by atoms with Gasteiger partial charge in [-0.05, 0) is 6.08 Å². The van der Waals surface area contributed by atoms with Gasteiger partial charge in [0.25, 0.3) is 0 Å². The topological polar surface area (TPSA) is 60.2 Å². The van der Waals surface area contributed by atoms with Gasteiger partial charge < -0.3 is 0 Å². The first-order valence-electron chi connectivity index (χ1n) is 3.75. The Bertz CT molecular complexity index is 316. The summed E-state index contributed by atoms with van der Waals surface area (Å²) in [5, 5.41) is 10.5. The Kier molecular flexibility index (Phi) is 1.36. The molecule has 4 nitrogen and oxygen atoms in total. The summed E-state index contributed by atoms with van der Waals surface area (Å²) in [7, 11) is 0. The van der Waals surface area contributed by atoms with Crippen molar-refractivity contribution in [2.24, 2.45) is 5.92 Å². The van der Waals surface area contributed by atoms with Gasteiger partial charge in [-0.2, -0.15) is 0 Å². The van der Waals surface area contributed by atoms with E-state index in [-0.39, 0.29) is 16.6 Å². The molecule has 0 spiro atoms. The lowest BCUT2D eigenvalue weighted by atomic mass is 9.71. The molecule has 2 rings (SSSR count). The number of carbonyl (C=O) groups is 1. The van der Waals surface area contributed by atoms with Crippen LogP contribution >= 0.6 is 0 Å². The van der Waals surface area contributed by atoms with E-state index in [0.29, 0.717) is 12.0 Å². The molecule has 0 aromatic rings. The van der Waals surface area contributed by atoms with E-state index in [1.807, 2.05) is 0 Å². The molecule has 0 heterocycles. The Morgan fingerprint density at radius 3 is 2.92 bits per heavy atom. The maximum Gasteiger partial charge on any atom is 0.238 e.